The topological polar surface area (TPSA) is 92.4 Å². The maximum Gasteiger partial charge on any atom is 0.326 e. The lowest BCUT2D eigenvalue weighted by Gasteiger charge is -2.18. The van der Waals surface area contributed by atoms with E-state index in [9.17, 15) is 19.1 Å². The van der Waals surface area contributed by atoms with Crippen LogP contribution in [0, 0.1) is 5.82 Å². The number of carbonyl (C=O) groups is 2. The predicted octanol–water partition coefficient (Wildman–Crippen LogP) is 1.51. The average molecular weight is 330 g/mol. The molecule has 0 saturated heterocycles. The minimum absolute atomic E-state index is 0.0550. The van der Waals surface area contributed by atoms with Gasteiger partial charge in [-0.15, -0.1) is 0 Å². The molecular formula is C18H19FN2O3. The van der Waals surface area contributed by atoms with Crippen molar-refractivity contribution in [3.63, 3.8) is 0 Å². The molecule has 2 atom stereocenters. The summed E-state index contributed by atoms with van der Waals surface area (Å²) >= 11 is 0. The molecule has 0 aliphatic carbocycles. The number of rotatable bonds is 7. The summed E-state index contributed by atoms with van der Waals surface area (Å²) in [6, 6.07) is 12.7. The number of carboxylic acids is 1. The van der Waals surface area contributed by atoms with Crippen LogP contribution in [0.1, 0.15) is 11.1 Å². The molecule has 5 nitrogen and oxygen atoms in total. The fraction of sp³-hybridized carbons (Fsp3) is 0.222. The highest BCUT2D eigenvalue weighted by molar-refractivity contribution is 5.87. The van der Waals surface area contributed by atoms with Gasteiger partial charge in [-0.05, 0) is 29.7 Å². The third-order valence-corrected chi connectivity index (χ3v) is 3.60. The summed E-state index contributed by atoms with van der Waals surface area (Å²) in [7, 11) is 0. The summed E-state index contributed by atoms with van der Waals surface area (Å²) in [5.41, 5.74) is 7.36. The Morgan fingerprint density at radius 2 is 1.58 bits per heavy atom. The number of nitrogens with one attached hydrogen (secondary N) is 1. The monoisotopic (exact) mass is 330 g/mol. The number of aliphatic carboxylic acids is 1. The highest BCUT2D eigenvalue weighted by atomic mass is 19.1. The Morgan fingerprint density at radius 1 is 1.00 bits per heavy atom. The molecule has 1 amide bonds. The first-order chi connectivity index (χ1) is 11.5. The van der Waals surface area contributed by atoms with Crippen LogP contribution in [-0.4, -0.2) is 29.1 Å². The van der Waals surface area contributed by atoms with Gasteiger partial charge < -0.3 is 16.2 Å². The number of carboxylic acid groups (broad SMARTS) is 1. The zero-order valence-corrected chi connectivity index (χ0v) is 13.0. The number of nitrogens with two attached hydrogens (primary N) is 1. The Kier molecular flexibility index (Phi) is 6.03. The average Bonchev–Trinajstić information content (AvgIpc) is 2.56. The van der Waals surface area contributed by atoms with Crippen molar-refractivity contribution >= 4 is 11.9 Å². The van der Waals surface area contributed by atoms with Crippen LogP contribution < -0.4 is 11.1 Å². The highest BCUT2D eigenvalue weighted by Gasteiger charge is 2.23. The molecule has 2 rings (SSSR count). The quantitative estimate of drug-likeness (QED) is 0.717. The third-order valence-electron chi connectivity index (χ3n) is 3.60. The number of benzene rings is 2. The fourth-order valence-electron chi connectivity index (χ4n) is 2.30. The van der Waals surface area contributed by atoms with Crippen molar-refractivity contribution in [2.45, 2.75) is 24.9 Å². The Morgan fingerprint density at radius 3 is 2.17 bits per heavy atom. The summed E-state index contributed by atoms with van der Waals surface area (Å²) in [6.07, 6.45) is 0.370. The fourth-order valence-corrected chi connectivity index (χ4v) is 2.30. The lowest BCUT2D eigenvalue weighted by Crippen LogP contribution is -2.50. The van der Waals surface area contributed by atoms with Crippen LogP contribution in [0.5, 0.6) is 0 Å². The van der Waals surface area contributed by atoms with E-state index in [0.717, 1.165) is 5.56 Å². The Bertz CT molecular complexity index is 689. The number of hydrogen-bond acceptors (Lipinski definition) is 3. The molecule has 1 unspecified atom stereocenters. The SMILES string of the molecule is N[C@H](Cc1ccccc1)C(=O)NC(Cc1ccc(F)cc1)C(=O)O. The van der Waals surface area contributed by atoms with E-state index in [2.05, 4.69) is 5.32 Å². The van der Waals surface area contributed by atoms with Crippen LogP contribution in [0.15, 0.2) is 54.6 Å². The molecule has 126 valence electrons. The molecule has 0 aliphatic rings. The molecule has 0 fully saturated rings. The summed E-state index contributed by atoms with van der Waals surface area (Å²) in [5.74, 6) is -2.10. The van der Waals surface area contributed by atoms with E-state index in [0.29, 0.717) is 12.0 Å². The van der Waals surface area contributed by atoms with Crippen LogP contribution in [0.3, 0.4) is 0 Å². The van der Waals surface area contributed by atoms with Crippen molar-refractivity contribution in [1.82, 2.24) is 5.32 Å². The molecule has 2 aromatic rings. The number of amides is 1. The molecule has 0 radical (unpaired) electrons. The van der Waals surface area contributed by atoms with Crippen molar-refractivity contribution < 1.29 is 19.1 Å². The van der Waals surface area contributed by atoms with E-state index in [1.54, 1.807) is 0 Å². The molecule has 0 aromatic heterocycles. The van der Waals surface area contributed by atoms with E-state index in [4.69, 9.17) is 5.73 Å². The van der Waals surface area contributed by atoms with Gasteiger partial charge in [-0.2, -0.15) is 0 Å². The van der Waals surface area contributed by atoms with Crippen LogP contribution in [0.4, 0.5) is 4.39 Å². The smallest absolute Gasteiger partial charge is 0.326 e. The predicted molar refractivity (Wildman–Crippen MR) is 87.8 cm³/mol. The van der Waals surface area contributed by atoms with Gasteiger partial charge in [0, 0.05) is 6.42 Å². The van der Waals surface area contributed by atoms with Gasteiger partial charge in [0.25, 0.3) is 0 Å². The second kappa shape index (κ2) is 8.21. The minimum Gasteiger partial charge on any atom is -0.480 e. The van der Waals surface area contributed by atoms with Gasteiger partial charge in [-0.3, -0.25) is 4.79 Å². The van der Waals surface area contributed by atoms with E-state index in [1.165, 1.54) is 24.3 Å². The number of hydrogen-bond donors (Lipinski definition) is 3. The Labute approximate surface area is 139 Å². The second-order valence-corrected chi connectivity index (χ2v) is 5.53. The van der Waals surface area contributed by atoms with Crippen LogP contribution in [0.2, 0.25) is 0 Å². The highest BCUT2D eigenvalue weighted by Crippen LogP contribution is 2.07. The van der Waals surface area contributed by atoms with Crippen molar-refractivity contribution in [3.8, 4) is 0 Å². The normalized spacial score (nSPS) is 13.1. The molecule has 24 heavy (non-hydrogen) atoms. The van der Waals surface area contributed by atoms with E-state index >= 15 is 0 Å². The standard InChI is InChI=1S/C18H19FN2O3/c19-14-8-6-13(7-9-14)11-16(18(23)24)21-17(22)15(20)10-12-4-2-1-3-5-12/h1-9,15-16H,10-11,20H2,(H,21,22)(H,23,24)/t15-,16?/m1/s1. The molecule has 0 heterocycles. The first kappa shape index (κ1) is 17.6. The van der Waals surface area contributed by atoms with Crippen molar-refractivity contribution in [2.75, 3.05) is 0 Å². The van der Waals surface area contributed by atoms with Gasteiger partial charge in [0.2, 0.25) is 5.91 Å². The van der Waals surface area contributed by atoms with Gasteiger partial charge in [0.1, 0.15) is 11.9 Å². The molecule has 0 spiro atoms. The first-order valence-electron chi connectivity index (χ1n) is 7.53. The summed E-state index contributed by atoms with van der Waals surface area (Å²) in [4.78, 5) is 23.5. The van der Waals surface area contributed by atoms with Gasteiger partial charge in [0.15, 0.2) is 0 Å². The zero-order valence-electron chi connectivity index (χ0n) is 13.0. The number of halogens is 1. The van der Waals surface area contributed by atoms with Gasteiger partial charge in [0.05, 0.1) is 6.04 Å². The lowest BCUT2D eigenvalue weighted by atomic mass is 10.0. The van der Waals surface area contributed by atoms with Gasteiger partial charge in [-0.1, -0.05) is 42.5 Å². The van der Waals surface area contributed by atoms with E-state index in [1.807, 2.05) is 30.3 Å². The van der Waals surface area contributed by atoms with Gasteiger partial charge in [-0.25, -0.2) is 9.18 Å². The molecule has 4 N–H and O–H groups in total. The van der Waals surface area contributed by atoms with Crippen molar-refractivity contribution in [1.29, 1.82) is 0 Å². The first-order valence-corrected chi connectivity index (χ1v) is 7.53. The van der Waals surface area contributed by atoms with Crippen molar-refractivity contribution in [2.24, 2.45) is 5.73 Å². The van der Waals surface area contributed by atoms with E-state index < -0.39 is 29.8 Å². The Balaban J connectivity index is 1.97. The second-order valence-electron chi connectivity index (χ2n) is 5.53. The lowest BCUT2D eigenvalue weighted by molar-refractivity contribution is -0.141. The van der Waals surface area contributed by atoms with Crippen LogP contribution in [-0.2, 0) is 22.4 Å². The zero-order chi connectivity index (χ0) is 17.5. The molecule has 0 aliphatic heterocycles. The molecular weight excluding hydrogens is 311 g/mol. The summed E-state index contributed by atoms with van der Waals surface area (Å²) < 4.78 is 12.9. The van der Waals surface area contributed by atoms with Crippen molar-refractivity contribution in [3.05, 3.63) is 71.5 Å². The molecule has 0 saturated carbocycles. The minimum atomic E-state index is -1.17. The maximum absolute atomic E-state index is 12.9. The summed E-state index contributed by atoms with van der Waals surface area (Å²) in [6.45, 7) is 0. The van der Waals surface area contributed by atoms with E-state index in [-0.39, 0.29) is 6.42 Å². The largest absolute Gasteiger partial charge is 0.480 e. The third kappa shape index (κ3) is 5.17. The van der Waals surface area contributed by atoms with Crippen LogP contribution >= 0.6 is 0 Å². The molecule has 2 aromatic carbocycles. The van der Waals surface area contributed by atoms with Crippen LogP contribution in [0.25, 0.3) is 0 Å². The maximum atomic E-state index is 12.9. The molecule has 0 bridgehead atoms. The number of carbonyl (C=O) groups excluding carboxylic acids is 1. The van der Waals surface area contributed by atoms with Gasteiger partial charge >= 0.3 is 5.97 Å². The molecule has 6 heteroatoms. The summed E-state index contributed by atoms with van der Waals surface area (Å²) in [5, 5.41) is 11.7. The Hall–Kier alpha value is -2.73.